The Labute approximate surface area is 884 Å². The highest BCUT2D eigenvalue weighted by Crippen LogP contribution is 2.30. The van der Waals surface area contributed by atoms with Crippen molar-refractivity contribution in [3.8, 4) is 0 Å². The summed E-state index contributed by atoms with van der Waals surface area (Å²) < 4.78 is 38.0. The number of carboxylic acids is 4. The van der Waals surface area contributed by atoms with Gasteiger partial charge in [-0.05, 0) is 179 Å². The minimum absolute atomic E-state index is 0. The molecular weight excluding hydrogens is 1970 g/mol. The second-order valence-corrected chi connectivity index (χ2v) is 44.5. The smallest absolute Gasteiger partial charge is 0.430 e. The van der Waals surface area contributed by atoms with Crippen LogP contribution in [-0.4, -0.2) is 299 Å². The van der Waals surface area contributed by atoms with Crippen LogP contribution in [0.4, 0.5) is 13.2 Å². The maximum absolute atomic E-state index is 13.0. The van der Waals surface area contributed by atoms with Crippen molar-refractivity contribution in [1.82, 2.24) is 69.1 Å². The molecule has 0 aromatic carbocycles. The Balaban J connectivity index is -0.000000579. The second kappa shape index (κ2) is 84.2. The summed E-state index contributed by atoms with van der Waals surface area (Å²) in [6.07, 6.45) is 6.92. The Morgan fingerprint density at radius 1 is 0.329 bits per heavy atom. The first-order chi connectivity index (χ1) is 67.9. The molecule has 0 aromatic rings. The maximum atomic E-state index is 13.0. The van der Waals surface area contributed by atoms with Crippen LogP contribution >= 0.6 is 43.2 Å². The van der Waals surface area contributed by atoms with Gasteiger partial charge in [0.15, 0.2) is 0 Å². The number of hydrogen-bond donors (Lipinski definition) is 14. The van der Waals surface area contributed by atoms with E-state index in [1.807, 2.05) is 111 Å². The molecule has 0 fully saturated rings. The number of nitrogens with one attached hydrogen (secondary N) is 13. The number of carbonyl (C=O) groups excluding carboxylic acids is 17. The largest absolute Gasteiger partial charge is 0.545 e. The summed E-state index contributed by atoms with van der Waals surface area (Å²) in [6, 6.07) is -0.0269. The number of rotatable bonds is 66. The first-order valence-corrected chi connectivity index (χ1v) is 56.2. The van der Waals surface area contributed by atoms with Crippen LogP contribution < -0.4 is 95.3 Å². The van der Waals surface area contributed by atoms with Gasteiger partial charge in [-0.15, -0.1) is 0 Å². The summed E-state index contributed by atoms with van der Waals surface area (Å²) in [7, 11) is 20.7. The molecule has 0 spiro atoms. The number of amides is 13. The summed E-state index contributed by atoms with van der Waals surface area (Å²) in [5, 5.41) is 78.5. The van der Waals surface area contributed by atoms with Crippen molar-refractivity contribution in [2.45, 2.75) is 278 Å². The van der Waals surface area contributed by atoms with E-state index in [4.69, 9.17) is 14.6 Å². The number of methoxy groups -OCH3 is 1. The highest BCUT2D eigenvalue weighted by Gasteiger charge is 2.35. The summed E-state index contributed by atoms with van der Waals surface area (Å²) in [4.78, 5) is 202. The Kier molecular flexibility index (Phi) is 84.2. The zero-order valence-electron chi connectivity index (χ0n) is 91.2. The third kappa shape index (κ3) is 72.8. The Bertz CT molecular complexity index is 3770. The molecule has 45 heteroatoms. The van der Waals surface area contributed by atoms with Crippen LogP contribution in [0, 0.1) is 71.0 Å². The monoisotopic (exact) mass is 2160 g/mol. The van der Waals surface area contributed by atoms with Gasteiger partial charge < -0.3 is 128 Å². The lowest BCUT2D eigenvalue weighted by Crippen LogP contribution is -2.55. The fourth-order valence-corrected chi connectivity index (χ4v) is 17.8. The zero-order valence-corrected chi connectivity index (χ0v) is 94.5. The molecule has 13 amide bonds. The van der Waals surface area contributed by atoms with Crippen LogP contribution in [0.25, 0.3) is 0 Å². The fourth-order valence-electron chi connectivity index (χ4n) is 14.1. The standard InChI is InChI=1S/2C28H55N5O4S2.C21H35N3O5.C13H27N3O3.C8H10O4.C2HF3O2.CH4/c2*1-10-21(5)25(34)30-13-16-38-39-17-14-31-27(36)23(11-2)19-24(28(37)32-20(3)4)18-22(6)26(35)29-12-15-33(7,8)9;1-4-10-22-19(26)15(5-2)13-14(3)18(25)23-11-12-24-20(27)16-8-6-7-9-17(16)21(28)29;1-4-11(13(18)16-7-8-19-3)9-10(2)12(17)15-6-5-14;9-7(10)5-3-1-2-4-6(5)8(11)12;3-2(4,5)1(6)7;/h2*20-24H,10-19H2,1-9H3,(H3-,29,30,31,32,34,35,36,37);14-15H,4-13H2,1-3H3,(H,22,26)(H,23,25)(H,24,27)(H,28,29);10-11H,4-9,14H2,1-3H3,(H,15,17)(H,16,18);1-4H2,(H,9,10)(H,11,12);(H,6,7);1H4/p-1. The van der Waals surface area contributed by atoms with Gasteiger partial charge in [-0.25, -0.2) is 0 Å². The van der Waals surface area contributed by atoms with E-state index in [0.717, 1.165) is 83.6 Å². The number of ether oxygens (including phenoxy) is 1. The number of alkyl halides is 3. The minimum Gasteiger partial charge on any atom is -0.545 e. The predicted octanol–water partition coefficient (Wildman–Crippen LogP) is 3.97. The summed E-state index contributed by atoms with van der Waals surface area (Å²) in [6.45, 7) is 41.1. The maximum Gasteiger partial charge on any atom is 0.430 e. The lowest BCUT2D eigenvalue weighted by molar-refractivity contribution is -0.869. The van der Waals surface area contributed by atoms with Gasteiger partial charge >= 0.3 is 6.18 Å². The lowest BCUT2D eigenvalue weighted by atomic mass is 9.85. The molecule has 2 rings (SSSR count). The summed E-state index contributed by atoms with van der Waals surface area (Å²) >= 11 is 0. The lowest BCUT2D eigenvalue weighted by Gasteiger charge is -2.26. The van der Waals surface area contributed by atoms with Crippen molar-refractivity contribution < 1.29 is 135 Å². The molecule has 0 heterocycles. The number of halogens is 3. The molecule has 0 aliphatic heterocycles. The molecule has 0 radical (unpaired) electrons. The van der Waals surface area contributed by atoms with Crippen molar-refractivity contribution in [3.05, 3.63) is 22.3 Å². The molecule has 0 saturated carbocycles. The number of nitrogens with zero attached hydrogens (tertiary/aromatic N) is 2. The topological polar surface area (TPSA) is 576 Å². The van der Waals surface area contributed by atoms with E-state index in [1.165, 1.54) is 0 Å². The average molecular weight is 2160 g/mol. The molecule has 38 nitrogen and oxygen atoms in total. The first-order valence-electron chi connectivity index (χ1n) is 51.3. The van der Waals surface area contributed by atoms with Crippen LogP contribution in [0.1, 0.15) is 260 Å². The van der Waals surface area contributed by atoms with Crippen LogP contribution in [-0.2, 0) is 86.2 Å². The van der Waals surface area contributed by atoms with Gasteiger partial charge in [0.2, 0.25) is 76.8 Å². The van der Waals surface area contributed by atoms with E-state index in [1.54, 1.807) is 57.2 Å². The van der Waals surface area contributed by atoms with Gasteiger partial charge in [-0.3, -0.25) is 62.3 Å². The first kappa shape index (κ1) is 146. The minimum atomic E-state index is -5.19. The second-order valence-electron chi connectivity index (χ2n) is 39.1. The SMILES string of the molecule is C.CCC(C)C(=O)NCCSSCCNC(=O)C(CC)CC(CC(C)C(=O)NCC[N+](C)(C)C)C(=O)NC(C)C.CCC(C)C(=O)NCCSSCCNC(=O)C(CC)CC(CC(C)C(=O)NCC[N+](C)(C)C)C(=O)NC(C)C.CCC(CC(C)C(=O)NCC[NH3+])C(=O)NCCOC.CCCNC(=O)C(CC)CC(C)C(=O)NCCNC(=O)C1=C(C(=O)[O-])CCCC1.O=C([O-])C(F)(F)F.O=C([O-])C1=C(C(=O)[O-])CCCC1. The van der Waals surface area contributed by atoms with E-state index in [9.17, 15) is 105 Å². The third-order valence-electron chi connectivity index (χ3n) is 23.4. The number of likely N-dealkylation sites (N-methyl/N-ethyl adjacent to an activating group) is 2. The van der Waals surface area contributed by atoms with Gasteiger partial charge in [0.05, 0.1) is 106 Å². The Morgan fingerprint density at radius 3 is 0.842 bits per heavy atom. The predicted molar refractivity (Wildman–Crippen MR) is 564 cm³/mol. The molecule has 146 heavy (non-hydrogen) atoms. The van der Waals surface area contributed by atoms with Crippen molar-refractivity contribution in [1.29, 1.82) is 0 Å². The summed E-state index contributed by atoms with van der Waals surface area (Å²) in [5.74, 6) is -7.60. The molecule has 12 atom stereocenters. The van der Waals surface area contributed by atoms with Crippen LogP contribution in [0.2, 0.25) is 0 Å². The molecule has 0 aromatic heterocycles. The van der Waals surface area contributed by atoms with E-state index < -0.39 is 47.8 Å². The molecule has 16 N–H and O–H groups in total. The number of carbonyl (C=O) groups is 17. The van der Waals surface area contributed by atoms with Gasteiger partial charge in [-0.2, -0.15) is 13.2 Å². The van der Waals surface area contributed by atoms with Crippen molar-refractivity contribution in [2.24, 2.45) is 71.0 Å². The van der Waals surface area contributed by atoms with E-state index in [2.05, 4.69) is 117 Å². The Morgan fingerprint density at radius 2 is 0.575 bits per heavy atom. The Hall–Kier alpha value is -8.50. The number of hydrogen-bond acceptors (Lipinski definition) is 26. The van der Waals surface area contributed by atoms with Gasteiger partial charge in [0.1, 0.15) is 5.97 Å². The highest BCUT2D eigenvalue weighted by atomic mass is 33.1. The van der Waals surface area contributed by atoms with Crippen molar-refractivity contribution >= 4 is 144 Å². The average Bonchev–Trinajstić information content (AvgIpc) is 0.848. The van der Waals surface area contributed by atoms with Gasteiger partial charge in [0, 0.05) is 171 Å². The molecule has 0 saturated heterocycles. The van der Waals surface area contributed by atoms with E-state index in [0.29, 0.717) is 156 Å². The number of aliphatic carboxylic acids is 4. The molecular formula is C101H186F3N16O22S4-. The van der Waals surface area contributed by atoms with E-state index in [-0.39, 0.29) is 198 Å². The fraction of sp³-hybridized carbons (Fsp3) is 0.792. The molecule has 2 aliphatic carbocycles. The van der Waals surface area contributed by atoms with E-state index >= 15 is 0 Å². The van der Waals surface area contributed by atoms with Crippen LogP contribution in [0.5, 0.6) is 0 Å². The summed E-state index contributed by atoms with van der Waals surface area (Å²) in [5.41, 5.74) is 3.84. The van der Waals surface area contributed by atoms with Gasteiger partial charge in [-0.1, -0.05) is 141 Å². The molecule has 12 unspecified atom stereocenters. The highest BCUT2D eigenvalue weighted by molar-refractivity contribution is 8.77. The normalized spacial score (nSPS) is 14.8. The van der Waals surface area contributed by atoms with Crippen LogP contribution in [0.15, 0.2) is 22.3 Å². The van der Waals surface area contributed by atoms with Crippen molar-refractivity contribution in [3.63, 3.8) is 0 Å². The molecule has 0 bridgehead atoms. The number of carboxylic acid groups (broad SMARTS) is 4. The van der Waals surface area contributed by atoms with Crippen LogP contribution in [0.3, 0.4) is 0 Å². The molecule has 2 aliphatic rings. The van der Waals surface area contributed by atoms with Gasteiger partial charge in [0.25, 0.3) is 0 Å². The molecule has 848 valence electrons. The quantitative estimate of drug-likeness (QED) is 0.0233. The third-order valence-corrected chi connectivity index (χ3v) is 28.3. The zero-order chi connectivity index (χ0) is 112. The van der Waals surface area contributed by atoms with Crippen molar-refractivity contribution in [2.75, 3.05) is 171 Å². The number of quaternary nitrogens is 3.